The van der Waals surface area contributed by atoms with Crippen molar-refractivity contribution in [3.63, 3.8) is 0 Å². The lowest BCUT2D eigenvalue weighted by Gasteiger charge is -2.18. The first-order valence-corrected chi connectivity index (χ1v) is 24.9. The van der Waals surface area contributed by atoms with Crippen LogP contribution < -0.4 is 0 Å². The molecule has 0 saturated carbocycles. The quantitative estimate of drug-likeness (QED) is 0.0263. The molecule has 0 saturated heterocycles. The lowest BCUT2D eigenvalue weighted by molar-refractivity contribution is -0.166. The van der Waals surface area contributed by atoms with E-state index >= 15 is 0 Å². The Morgan fingerprint density at radius 2 is 0.717 bits per heavy atom. The molecule has 0 aliphatic carbocycles. The molecule has 0 amide bonds. The van der Waals surface area contributed by atoms with Crippen LogP contribution in [0.3, 0.4) is 0 Å². The third-order valence-electron chi connectivity index (χ3n) is 10.5. The molecule has 0 heterocycles. The highest BCUT2D eigenvalue weighted by atomic mass is 16.6. The van der Waals surface area contributed by atoms with Gasteiger partial charge in [-0.3, -0.25) is 14.4 Å². The van der Waals surface area contributed by atoms with E-state index in [1.807, 2.05) is 6.08 Å². The zero-order valence-corrected chi connectivity index (χ0v) is 39.2. The van der Waals surface area contributed by atoms with Crippen LogP contribution in [0.1, 0.15) is 233 Å². The lowest BCUT2D eigenvalue weighted by Crippen LogP contribution is -2.30. The first-order valence-electron chi connectivity index (χ1n) is 24.9. The van der Waals surface area contributed by atoms with E-state index in [9.17, 15) is 14.4 Å². The zero-order chi connectivity index (χ0) is 43.7. The van der Waals surface area contributed by atoms with Crippen molar-refractivity contribution < 1.29 is 28.6 Å². The van der Waals surface area contributed by atoms with Crippen molar-refractivity contribution >= 4 is 17.9 Å². The molecule has 60 heavy (non-hydrogen) atoms. The van der Waals surface area contributed by atoms with Crippen LogP contribution in [0.2, 0.25) is 0 Å². The SMILES string of the molecule is CC/C=C\C/C=C\C/C=C\CC(=O)OCC(COC(=O)CCCCCCCCC/C=C\CCCCCCCCCC)OC(=O)CCCCCCCCC/C=C\C/C=C\CC. The summed E-state index contributed by atoms with van der Waals surface area (Å²) >= 11 is 0. The standard InChI is InChI=1S/C54H92O6/c1-4-7-10-13-16-19-21-23-25-26-27-28-29-31-32-35-38-41-44-47-53(56)59-50-51(49-58-52(55)46-43-40-37-34-18-15-12-9-6-3)60-54(57)48-45-42-39-36-33-30-24-22-20-17-14-11-8-5-2/h8-9,11-12,17-18,20,26-27,34,40,43,51H,4-7,10,13-16,19,21-25,28-33,35-39,41-42,44-50H2,1-3H3/b11-8-,12-9-,20-17-,27-26-,34-18-,43-40-. The minimum atomic E-state index is -0.815. The summed E-state index contributed by atoms with van der Waals surface area (Å²) in [6, 6.07) is 0. The van der Waals surface area contributed by atoms with E-state index in [2.05, 4.69) is 81.5 Å². The molecule has 0 rings (SSSR count). The van der Waals surface area contributed by atoms with Gasteiger partial charge in [-0.25, -0.2) is 0 Å². The average molecular weight is 837 g/mol. The van der Waals surface area contributed by atoms with Crippen LogP contribution in [0.5, 0.6) is 0 Å². The highest BCUT2D eigenvalue weighted by molar-refractivity contribution is 5.72. The second kappa shape index (κ2) is 48.5. The van der Waals surface area contributed by atoms with Crippen LogP contribution in [0.4, 0.5) is 0 Å². The maximum absolute atomic E-state index is 12.7. The van der Waals surface area contributed by atoms with Crippen LogP contribution in [-0.2, 0) is 28.6 Å². The molecule has 0 bridgehead atoms. The van der Waals surface area contributed by atoms with Crippen molar-refractivity contribution in [3.05, 3.63) is 72.9 Å². The number of hydrogen-bond donors (Lipinski definition) is 0. The number of ether oxygens (including phenoxy) is 3. The number of unbranched alkanes of at least 4 members (excludes halogenated alkanes) is 22. The Labute approximate surface area is 370 Å². The van der Waals surface area contributed by atoms with Crippen molar-refractivity contribution in [1.82, 2.24) is 0 Å². The van der Waals surface area contributed by atoms with Gasteiger partial charge >= 0.3 is 17.9 Å². The van der Waals surface area contributed by atoms with Crippen LogP contribution in [0, 0.1) is 0 Å². The summed E-state index contributed by atoms with van der Waals surface area (Å²) in [6.45, 7) is 6.30. The Bertz CT molecular complexity index is 1140. The fourth-order valence-electron chi connectivity index (χ4n) is 6.77. The van der Waals surface area contributed by atoms with Gasteiger partial charge < -0.3 is 14.2 Å². The molecular formula is C54H92O6. The highest BCUT2D eigenvalue weighted by Crippen LogP contribution is 2.14. The number of carbonyl (C=O) groups is 3. The van der Waals surface area contributed by atoms with E-state index in [0.717, 1.165) is 77.0 Å². The van der Waals surface area contributed by atoms with Gasteiger partial charge in [0.15, 0.2) is 6.10 Å². The van der Waals surface area contributed by atoms with E-state index < -0.39 is 12.1 Å². The van der Waals surface area contributed by atoms with E-state index in [1.54, 1.807) is 6.08 Å². The summed E-state index contributed by atoms with van der Waals surface area (Å²) in [5.41, 5.74) is 0. The van der Waals surface area contributed by atoms with E-state index in [-0.39, 0.29) is 31.6 Å². The maximum atomic E-state index is 12.7. The summed E-state index contributed by atoms with van der Waals surface area (Å²) < 4.78 is 16.6. The molecule has 6 heteroatoms. The maximum Gasteiger partial charge on any atom is 0.309 e. The molecule has 0 aromatic carbocycles. The van der Waals surface area contributed by atoms with Gasteiger partial charge in [-0.1, -0.05) is 203 Å². The molecule has 0 aliphatic rings. The number of hydrogen-bond acceptors (Lipinski definition) is 6. The van der Waals surface area contributed by atoms with Gasteiger partial charge in [0, 0.05) is 12.8 Å². The molecule has 344 valence electrons. The number of rotatable bonds is 44. The first kappa shape index (κ1) is 56.9. The number of esters is 3. The summed E-state index contributed by atoms with van der Waals surface area (Å²) in [4.78, 5) is 37.7. The zero-order valence-electron chi connectivity index (χ0n) is 39.2. The molecule has 0 aromatic heterocycles. The van der Waals surface area contributed by atoms with Gasteiger partial charge in [-0.2, -0.15) is 0 Å². The molecule has 1 atom stereocenters. The lowest BCUT2D eigenvalue weighted by atomic mass is 10.1. The second-order valence-corrected chi connectivity index (χ2v) is 16.3. The van der Waals surface area contributed by atoms with E-state index in [0.29, 0.717) is 12.8 Å². The largest absolute Gasteiger partial charge is 0.462 e. The molecule has 0 aromatic rings. The van der Waals surface area contributed by atoms with Crippen LogP contribution in [-0.4, -0.2) is 37.2 Å². The van der Waals surface area contributed by atoms with Crippen molar-refractivity contribution in [2.24, 2.45) is 0 Å². The average Bonchev–Trinajstić information content (AvgIpc) is 3.24. The van der Waals surface area contributed by atoms with Crippen LogP contribution >= 0.6 is 0 Å². The third-order valence-corrected chi connectivity index (χ3v) is 10.5. The molecule has 0 spiro atoms. The van der Waals surface area contributed by atoms with Crippen molar-refractivity contribution in [3.8, 4) is 0 Å². The molecule has 0 aliphatic heterocycles. The number of carbonyl (C=O) groups excluding carboxylic acids is 3. The Balaban J connectivity index is 4.35. The molecule has 0 radical (unpaired) electrons. The highest BCUT2D eigenvalue weighted by Gasteiger charge is 2.19. The normalized spacial score (nSPS) is 12.7. The summed E-state index contributed by atoms with van der Waals surface area (Å²) in [7, 11) is 0. The minimum absolute atomic E-state index is 0.108. The molecule has 6 nitrogen and oxygen atoms in total. The Morgan fingerprint density at radius 1 is 0.367 bits per heavy atom. The molecule has 0 N–H and O–H groups in total. The first-order chi connectivity index (χ1) is 29.5. The predicted molar refractivity (Wildman–Crippen MR) is 256 cm³/mol. The van der Waals surface area contributed by atoms with E-state index in [1.165, 1.54) is 116 Å². The van der Waals surface area contributed by atoms with Gasteiger partial charge in [-0.05, 0) is 83.5 Å². The van der Waals surface area contributed by atoms with Gasteiger partial charge in [0.2, 0.25) is 0 Å². The fourth-order valence-corrected chi connectivity index (χ4v) is 6.77. The fraction of sp³-hybridized carbons (Fsp3) is 0.722. The van der Waals surface area contributed by atoms with Crippen molar-refractivity contribution in [2.75, 3.05) is 13.2 Å². The smallest absolute Gasteiger partial charge is 0.309 e. The summed E-state index contributed by atoms with van der Waals surface area (Å²) in [5.74, 6) is -1.05. The van der Waals surface area contributed by atoms with E-state index in [4.69, 9.17) is 14.2 Å². The third kappa shape index (κ3) is 45.9. The van der Waals surface area contributed by atoms with Gasteiger partial charge in [0.25, 0.3) is 0 Å². The topological polar surface area (TPSA) is 78.9 Å². The molecule has 1 unspecified atom stereocenters. The van der Waals surface area contributed by atoms with Gasteiger partial charge in [0.05, 0.1) is 6.42 Å². The Kier molecular flexibility index (Phi) is 46.0. The minimum Gasteiger partial charge on any atom is -0.462 e. The molecule has 0 fully saturated rings. The van der Waals surface area contributed by atoms with Crippen molar-refractivity contribution in [1.29, 1.82) is 0 Å². The second-order valence-electron chi connectivity index (χ2n) is 16.3. The van der Waals surface area contributed by atoms with Crippen molar-refractivity contribution in [2.45, 2.75) is 239 Å². The Hall–Kier alpha value is -3.15. The monoisotopic (exact) mass is 837 g/mol. The summed E-state index contributed by atoms with van der Waals surface area (Å²) in [6.07, 6.45) is 60.7. The van der Waals surface area contributed by atoms with Crippen LogP contribution in [0.15, 0.2) is 72.9 Å². The number of allylic oxidation sites excluding steroid dienone is 11. The predicted octanol–water partition coefficient (Wildman–Crippen LogP) is 16.3. The van der Waals surface area contributed by atoms with Crippen LogP contribution in [0.25, 0.3) is 0 Å². The Morgan fingerprint density at radius 3 is 1.18 bits per heavy atom. The summed E-state index contributed by atoms with van der Waals surface area (Å²) in [5, 5.41) is 0. The molecular weight excluding hydrogens is 745 g/mol. The van der Waals surface area contributed by atoms with Gasteiger partial charge in [0.1, 0.15) is 13.2 Å². The van der Waals surface area contributed by atoms with Gasteiger partial charge in [-0.15, -0.1) is 0 Å².